The fourth-order valence-electron chi connectivity index (χ4n) is 8.73. The third-order valence-corrected chi connectivity index (χ3v) is 19.5. The van der Waals surface area contributed by atoms with E-state index in [2.05, 4.69) is 136 Å². The van der Waals surface area contributed by atoms with Gasteiger partial charge in [-0.1, -0.05) is 179 Å². The fraction of sp³-hybridized carbons (Fsp3) is 0.444. The van der Waals surface area contributed by atoms with Crippen LogP contribution >= 0.6 is 0 Å². The van der Waals surface area contributed by atoms with Crippen LogP contribution in [0.25, 0.3) is 11.2 Å². The largest absolute Gasteiger partial charge is 0.414 e. The number of carbonyl (C=O) groups is 1. The number of fused-ring (bicyclic) bond motifs is 1. The van der Waals surface area contributed by atoms with Gasteiger partial charge in [0.15, 0.2) is 19.5 Å². The minimum atomic E-state index is -4.54. The minimum absolute atomic E-state index is 0.0456. The normalized spacial score (nSPS) is 16.6. The molecule has 1 aliphatic heterocycles. The standard InChI is InChI=1S/C54H70N6O6SSi/c1-35(2)39-29-44(36(3)4)48(45(30-39)37(5)6)67(62,63)66-51-47-49(56-52(58-51)57-50(61)38(7)8)60(34-55-47)46-32-59(31-43(65-46)33-64-68(12,13)53(9,10)11)54(40-23-17-14-18-24-40,41-25-19-15-20-26-41)42-27-21-16-22-28-42/h14-30,34-38,43,46H,31-33H2,1-13H3,(H,56,57,58,61)/t43-,46+/m0/s1. The first-order valence-electron chi connectivity index (χ1n) is 23.9. The Morgan fingerprint density at radius 1 is 0.779 bits per heavy atom. The average molecular weight is 959 g/mol. The van der Waals surface area contributed by atoms with Gasteiger partial charge in [0.25, 0.3) is 5.88 Å². The lowest BCUT2D eigenvalue weighted by atomic mass is 9.75. The quantitative estimate of drug-likeness (QED) is 0.0567. The molecule has 12 nitrogen and oxygen atoms in total. The molecule has 2 aromatic heterocycles. The zero-order valence-corrected chi connectivity index (χ0v) is 43.9. The number of nitrogens with one attached hydrogen (secondary N) is 1. The van der Waals surface area contributed by atoms with E-state index in [0.29, 0.717) is 30.8 Å². The van der Waals surface area contributed by atoms with Gasteiger partial charge in [-0.25, -0.2) is 4.98 Å². The van der Waals surface area contributed by atoms with Crippen LogP contribution in [0.1, 0.15) is 134 Å². The van der Waals surface area contributed by atoms with Crippen LogP contribution in [0.15, 0.2) is 114 Å². The maximum atomic E-state index is 14.9. The third kappa shape index (κ3) is 10.2. The molecule has 1 saturated heterocycles. The Hall–Kier alpha value is -5.25. The summed E-state index contributed by atoms with van der Waals surface area (Å²) in [6.45, 7) is 27.9. The molecule has 1 fully saturated rings. The van der Waals surface area contributed by atoms with Gasteiger partial charge >= 0.3 is 10.1 Å². The number of nitrogens with zero attached hydrogens (tertiary/aromatic N) is 5. The van der Waals surface area contributed by atoms with E-state index in [4.69, 9.17) is 23.3 Å². The molecule has 68 heavy (non-hydrogen) atoms. The van der Waals surface area contributed by atoms with Crippen molar-refractivity contribution in [2.24, 2.45) is 5.92 Å². The second-order valence-electron chi connectivity index (χ2n) is 20.8. The molecule has 2 atom stereocenters. The van der Waals surface area contributed by atoms with E-state index in [1.54, 1.807) is 24.7 Å². The van der Waals surface area contributed by atoms with E-state index in [9.17, 15) is 13.2 Å². The molecular formula is C54H70N6O6SSi. The van der Waals surface area contributed by atoms with Gasteiger partial charge in [-0.15, -0.1) is 0 Å². The molecule has 0 aliphatic carbocycles. The number of hydrogen-bond acceptors (Lipinski definition) is 10. The molecule has 14 heteroatoms. The lowest BCUT2D eigenvalue weighted by Crippen LogP contribution is -2.58. The monoisotopic (exact) mass is 958 g/mol. The van der Waals surface area contributed by atoms with E-state index in [0.717, 1.165) is 22.3 Å². The van der Waals surface area contributed by atoms with Crippen LogP contribution in [0.4, 0.5) is 5.95 Å². The lowest BCUT2D eigenvalue weighted by molar-refractivity contribution is -0.146. The number of aromatic nitrogens is 4. The number of morpholine rings is 1. The van der Waals surface area contributed by atoms with Crippen molar-refractivity contribution in [3.05, 3.63) is 143 Å². The SMILES string of the molecule is CC(C)C(=O)Nc1nc(OS(=O)(=O)c2c(C(C)C)cc(C(C)C)cc2C(C)C)c2ncn([C@H]3CN(C(c4ccccc4)(c4ccccc4)c4ccccc4)C[C@@H](CO[Si](C)(C)C(C)(C)C)O3)c2n1. The van der Waals surface area contributed by atoms with Crippen LogP contribution in [0.3, 0.4) is 0 Å². The number of carbonyl (C=O) groups excluding carboxylic acids is 1. The summed E-state index contributed by atoms with van der Waals surface area (Å²) in [7, 11) is -6.80. The molecule has 7 rings (SSSR count). The predicted octanol–water partition coefficient (Wildman–Crippen LogP) is 11.8. The molecule has 362 valence electrons. The molecule has 1 aliphatic rings. The summed E-state index contributed by atoms with van der Waals surface area (Å²) in [6, 6.07) is 35.5. The van der Waals surface area contributed by atoms with Gasteiger partial charge < -0.3 is 13.3 Å². The Morgan fingerprint density at radius 2 is 1.29 bits per heavy atom. The van der Waals surface area contributed by atoms with Crippen molar-refractivity contribution < 1.29 is 26.6 Å². The molecule has 3 heterocycles. The van der Waals surface area contributed by atoms with Gasteiger partial charge in [-0.2, -0.15) is 18.4 Å². The van der Waals surface area contributed by atoms with Gasteiger partial charge in [0, 0.05) is 19.0 Å². The van der Waals surface area contributed by atoms with Gasteiger partial charge in [0.05, 0.1) is 24.6 Å². The zero-order chi connectivity index (χ0) is 49.3. The Kier molecular flexibility index (Phi) is 14.9. The van der Waals surface area contributed by atoms with Crippen molar-refractivity contribution in [2.45, 2.75) is 135 Å². The summed E-state index contributed by atoms with van der Waals surface area (Å²) in [5.74, 6) is -1.30. The second-order valence-corrected chi connectivity index (χ2v) is 27.1. The van der Waals surface area contributed by atoms with Gasteiger partial charge in [-0.05, 0) is 69.3 Å². The molecule has 6 aromatic rings. The van der Waals surface area contributed by atoms with Crippen molar-refractivity contribution in [2.75, 3.05) is 25.0 Å². The number of benzene rings is 4. The number of ether oxygens (including phenoxy) is 1. The van der Waals surface area contributed by atoms with Crippen molar-refractivity contribution in [1.82, 2.24) is 24.4 Å². The Balaban J connectivity index is 1.43. The van der Waals surface area contributed by atoms with E-state index in [1.807, 2.05) is 58.0 Å². The highest BCUT2D eigenvalue weighted by atomic mass is 32.2. The van der Waals surface area contributed by atoms with Crippen LogP contribution in [0.5, 0.6) is 5.88 Å². The summed E-state index contributed by atoms with van der Waals surface area (Å²) in [4.78, 5) is 30.1. The number of anilines is 1. The number of rotatable bonds is 16. The molecule has 4 aromatic carbocycles. The van der Waals surface area contributed by atoms with Crippen molar-refractivity contribution in [3.63, 3.8) is 0 Å². The summed E-state index contributed by atoms with van der Waals surface area (Å²) in [5.41, 5.74) is 5.10. The van der Waals surface area contributed by atoms with Crippen molar-refractivity contribution in [1.29, 1.82) is 0 Å². The number of imidazole rings is 1. The van der Waals surface area contributed by atoms with Crippen LogP contribution in [-0.4, -0.2) is 72.9 Å². The molecule has 0 saturated carbocycles. The van der Waals surface area contributed by atoms with E-state index in [-0.39, 0.29) is 56.6 Å². The molecule has 0 unspecified atom stereocenters. The maximum Gasteiger partial charge on any atom is 0.341 e. The van der Waals surface area contributed by atoms with Crippen molar-refractivity contribution >= 4 is 41.5 Å². The summed E-state index contributed by atoms with van der Waals surface area (Å²) >= 11 is 0. The first-order chi connectivity index (χ1) is 32.0. The topological polar surface area (TPSA) is 138 Å². The van der Waals surface area contributed by atoms with Crippen LogP contribution in [0, 0.1) is 5.92 Å². The number of amides is 1. The molecule has 0 bridgehead atoms. The van der Waals surface area contributed by atoms with Gasteiger partial charge in [0.2, 0.25) is 11.9 Å². The molecular weight excluding hydrogens is 889 g/mol. The summed E-state index contributed by atoms with van der Waals surface area (Å²) in [5, 5.41) is 2.77. The van der Waals surface area contributed by atoms with Gasteiger partial charge in [0.1, 0.15) is 11.1 Å². The molecule has 0 radical (unpaired) electrons. The number of hydrogen-bond donors (Lipinski definition) is 1. The molecule has 1 N–H and O–H groups in total. The highest BCUT2D eigenvalue weighted by Crippen LogP contribution is 2.46. The van der Waals surface area contributed by atoms with Crippen LogP contribution in [0.2, 0.25) is 18.1 Å². The Bertz CT molecular complexity index is 2680. The molecule has 0 spiro atoms. The van der Waals surface area contributed by atoms with E-state index in [1.165, 1.54) is 0 Å². The predicted molar refractivity (Wildman–Crippen MR) is 273 cm³/mol. The van der Waals surface area contributed by atoms with Gasteiger partial charge in [-0.3, -0.25) is 19.6 Å². The zero-order valence-electron chi connectivity index (χ0n) is 42.1. The summed E-state index contributed by atoms with van der Waals surface area (Å²) in [6.07, 6.45) is 0.416. The van der Waals surface area contributed by atoms with E-state index < -0.39 is 42.2 Å². The first kappa shape index (κ1) is 50.6. The fourth-order valence-corrected chi connectivity index (χ4v) is 11.3. The van der Waals surface area contributed by atoms with Crippen molar-refractivity contribution in [3.8, 4) is 5.88 Å². The second kappa shape index (κ2) is 20.0. The summed E-state index contributed by atoms with van der Waals surface area (Å²) < 4.78 is 51.9. The minimum Gasteiger partial charge on any atom is -0.414 e. The molecule has 1 amide bonds. The van der Waals surface area contributed by atoms with Crippen LogP contribution in [-0.2, 0) is 29.6 Å². The van der Waals surface area contributed by atoms with Crippen LogP contribution < -0.4 is 9.50 Å². The lowest BCUT2D eigenvalue weighted by Gasteiger charge is -2.51. The average Bonchev–Trinajstić information content (AvgIpc) is 3.73. The highest BCUT2D eigenvalue weighted by molar-refractivity contribution is 7.87. The third-order valence-electron chi connectivity index (χ3n) is 13.6. The maximum absolute atomic E-state index is 14.9. The smallest absolute Gasteiger partial charge is 0.341 e. The highest BCUT2D eigenvalue weighted by Gasteiger charge is 2.48. The van der Waals surface area contributed by atoms with E-state index >= 15 is 0 Å². The first-order valence-corrected chi connectivity index (χ1v) is 28.3. The Morgan fingerprint density at radius 3 is 1.75 bits per heavy atom. The Labute approximate surface area is 405 Å².